The van der Waals surface area contributed by atoms with Gasteiger partial charge in [-0.05, 0) is 35.2 Å². The van der Waals surface area contributed by atoms with Crippen LogP contribution in [-0.2, 0) is 5.41 Å². The number of Topliss-reactive ketones (excluding diaryl/α,β-unsaturated/α-hetero) is 1. The van der Waals surface area contributed by atoms with Crippen LogP contribution in [0.5, 0.6) is 5.75 Å². The Balaban J connectivity index is 2.11. The van der Waals surface area contributed by atoms with Gasteiger partial charge in [0.15, 0.2) is 0 Å². The highest BCUT2D eigenvalue weighted by molar-refractivity contribution is 6.52. The van der Waals surface area contributed by atoms with Gasteiger partial charge in [0.05, 0.1) is 12.7 Å². The third kappa shape index (κ3) is 2.50. The number of nitrogens with zero attached hydrogens (tertiary/aromatic N) is 1. The quantitative estimate of drug-likeness (QED) is 0.626. The van der Waals surface area contributed by atoms with E-state index in [9.17, 15) is 10.0 Å². The largest absolute Gasteiger partial charge is 0.618 e. The molecule has 0 saturated heterocycles. The first-order valence-corrected chi connectivity index (χ1v) is 7.51. The number of ether oxygens (including phenoxy) is 1. The maximum atomic E-state index is 12.8. The van der Waals surface area contributed by atoms with Gasteiger partial charge in [-0.1, -0.05) is 32.9 Å². The molecule has 0 unspecified atom stereocenters. The second-order valence-electron chi connectivity index (χ2n) is 6.69. The van der Waals surface area contributed by atoms with Crippen LogP contribution < -0.4 is 4.74 Å². The summed E-state index contributed by atoms with van der Waals surface area (Å²) in [7, 11) is 1.56. The van der Waals surface area contributed by atoms with Crippen LogP contribution in [0.15, 0.2) is 42.5 Å². The Bertz CT molecular complexity index is 829. The molecule has 0 fully saturated rings. The Kier molecular flexibility index (Phi) is 3.48. The zero-order valence-corrected chi connectivity index (χ0v) is 13.7. The Morgan fingerprint density at radius 1 is 1.09 bits per heavy atom. The number of ketones is 1. The summed E-state index contributed by atoms with van der Waals surface area (Å²) in [5, 5.41) is 12.6. The van der Waals surface area contributed by atoms with Crippen molar-refractivity contribution in [2.45, 2.75) is 26.2 Å². The summed E-state index contributed by atoms with van der Waals surface area (Å²) in [6, 6.07) is 12.5. The number of hydrogen-bond acceptors (Lipinski definition) is 3. The fourth-order valence-corrected chi connectivity index (χ4v) is 2.72. The van der Waals surface area contributed by atoms with Gasteiger partial charge in [0.2, 0.25) is 5.69 Å². The Hall–Kier alpha value is -2.62. The zero-order chi connectivity index (χ0) is 16.8. The summed E-state index contributed by atoms with van der Waals surface area (Å²) in [4.78, 5) is 12.8. The molecule has 0 aliphatic carbocycles. The summed E-state index contributed by atoms with van der Waals surface area (Å²) in [5.74, 6) is 0.372. The van der Waals surface area contributed by atoms with Crippen LogP contribution in [0.2, 0.25) is 0 Å². The molecule has 2 aromatic rings. The van der Waals surface area contributed by atoms with Gasteiger partial charge in [0.1, 0.15) is 11.3 Å². The average Bonchev–Trinajstić information content (AvgIpc) is 2.77. The van der Waals surface area contributed by atoms with Crippen molar-refractivity contribution in [3.8, 4) is 5.75 Å². The van der Waals surface area contributed by atoms with Crippen LogP contribution in [0.4, 0.5) is 5.69 Å². The molecule has 118 valence electrons. The molecular formula is C19H19NO3. The van der Waals surface area contributed by atoms with Gasteiger partial charge < -0.3 is 9.94 Å². The molecule has 1 aliphatic heterocycles. The van der Waals surface area contributed by atoms with Crippen molar-refractivity contribution in [1.82, 2.24) is 0 Å². The van der Waals surface area contributed by atoms with Crippen molar-refractivity contribution in [3.63, 3.8) is 0 Å². The molecule has 4 nitrogen and oxygen atoms in total. The van der Waals surface area contributed by atoms with E-state index in [2.05, 4.69) is 20.8 Å². The van der Waals surface area contributed by atoms with Gasteiger partial charge >= 0.3 is 0 Å². The summed E-state index contributed by atoms with van der Waals surface area (Å²) < 4.78 is 5.90. The van der Waals surface area contributed by atoms with Gasteiger partial charge in [-0.25, -0.2) is 0 Å². The molecule has 4 heteroatoms. The van der Waals surface area contributed by atoms with Crippen LogP contribution in [0.1, 0.15) is 42.3 Å². The molecule has 0 aromatic heterocycles. The van der Waals surface area contributed by atoms with Crippen LogP contribution in [0.3, 0.4) is 0 Å². The van der Waals surface area contributed by atoms with Crippen molar-refractivity contribution >= 4 is 17.2 Å². The lowest BCUT2D eigenvalue weighted by molar-refractivity contribution is -0.355. The highest BCUT2D eigenvalue weighted by Gasteiger charge is 2.37. The molecule has 3 rings (SSSR count). The number of methoxy groups -OCH3 is 1. The van der Waals surface area contributed by atoms with E-state index in [0.717, 1.165) is 10.3 Å². The molecule has 0 bridgehead atoms. The lowest BCUT2D eigenvalue weighted by Crippen LogP contribution is -2.17. The second-order valence-corrected chi connectivity index (χ2v) is 6.69. The summed E-state index contributed by atoms with van der Waals surface area (Å²) >= 11 is 0. The Morgan fingerprint density at radius 3 is 2.48 bits per heavy atom. The van der Waals surface area contributed by atoms with Gasteiger partial charge in [-0.3, -0.25) is 4.79 Å². The molecule has 1 heterocycles. The Morgan fingerprint density at radius 2 is 1.83 bits per heavy atom. The van der Waals surface area contributed by atoms with Gasteiger partial charge in [0, 0.05) is 6.07 Å². The Labute approximate surface area is 135 Å². The summed E-state index contributed by atoms with van der Waals surface area (Å²) in [6.07, 6.45) is 0. The summed E-state index contributed by atoms with van der Waals surface area (Å²) in [6.45, 7) is 6.24. The molecule has 0 amide bonds. The van der Waals surface area contributed by atoms with Crippen molar-refractivity contribution in [3.05, 3.63) is 64.4 Å². The number of hydrogen-bond donors (Lipinski definition) is 0. The van der Waals surface area contributed by atoms with Crippen LogP contribution in [0.25, 0.3) is 0 Å². The van der Waals surface area contributed by atoms with Gasteiger partial charge in [0.25, 0.3) is 11.5 Å². The number of carbonyl (C=O) groups excluding carboxylic acids is 1. The molecule has 0 radical (unpaired) electrons. The molecule has 0 atom stereocenters. The second kappa shape index (κ2) is 5.23. The number of rotatable bonds is 2. The molecule has 0 spiro atoms. The normalized spacial score (nSPS) is 14.2. The van der Waals surface area contributed by atoms with Crippen molar-refractivity contribution < 1.29 is 14.3 Å². The SMILES string of the molecule is COc1cccc(C2=[N+]([O-])c3ccc(C(C)(C)C)cc3C2=O)c1. The van der Waals surface area contributed by atoms with E-state index in [4.69, 9.17) is 4.74 Å². The van der Waals surface area contributed by atoms with Crippen molar-refractivity contribution in [2.24, 2.45) is 0 Å². The van der Waals surface area contributed by atoms with E-state index in [0.29, 0.717) is 22.6 Å². The third-order valence-electron chi connectivity index (χ3n) is 4.09. The summed E-state index contributed by atoms with van der Waals surface area (Å²) in [5.41, 5.74) is 2.53. The maximum absolute atomic E-state index is 12.8. The highest BCUT2D eigenvalue weighted by atomic mass is 16.5. The van der Waals surface area contributed by atoms with E-state index in [1.54, 1.807) is 37.4 Å². The minimum absolute atomic E-state index is 0.0816. The van der Waals surface area contributed by atoms with E-state index >= 15 is 0 Å². The minimum atomic E-state index is -0.241. The maximum Gasteiger partial charge on any atom is 0.273 e. The average molecular weight is 309 g/mol. The first kappa shape index (κ1) is 15.3. The van der Waals surface area contributed by atoms with Gasteiger partial charge in [-0.15, -0.1) is 0 Å². The van der Waals surface area contributed by atoms with E-state index < -0.39 is 0 Å². The highest BCUT2D eigenvalue weighted by Crippen LogP contribution is 2.33. The monoisotopic (exact) mass is 309 g/mol. The van der Waals surface area contributed by atoms with Crippen molar-refractivity contribution in [1.29, 1.82) is 0 Å². The topological polar surface area (TPSA) is 52.4 Å². The lowest BCUT2D eigenvalue weighted by Gasteiger charge is -2.19. The minimum Gasteiger partial charge on any atom is -0.618 e. The number of fused-ring (bicyclic) bond motifs is 1. The molecule has 1 aliphatic rings. The zero-order valence-electron chi connectivity index (χ0n) is 13.7. The van der Waals surface area contributed by atoms with E-state index in [1.807, 2.05) is 12.1 Å². The van der Waals surface area contributed by atoms with E-state index in [-0.39, 0.29) is 16.9 Å². The smallest absolute Gasteiger partial charge is 0.273 e. The van der Waals surface area contributed by atoms with Gasteiger partial charge in [-0.2, -0.15) is 4.74 Å². The first-order chi connectivity index (χ1) is 10.8. The fourth-order valence-electron chi connectivity index (χ4n) is 2.72. The van der Waals surface area contributed by atoms with E-state index in [1.165, 1.54) is 0 Å². The van der Waals surface area contributed by atoms with Crippen molar-refractivity contribution in [2.75, 3.05) is 7.11 Å². The lowest BCUT2D eigenvalue weighted by atomic mass is 9.85. The molecule has 0 N–H and O–H groups in total. The molecule has 0 saturated carbocycles. The predicted octanol–water partition coefficient (Wildman–Crippen LogP) is 3.82. The first-order valence-electron chi connectivity index (χ1n) is 7.51. The molecule has 23 heavy (non-hydrogen) atoms. The number of carbonyl (C=O) groups is 1. The van der Waals surface area contributed by atoms with Crippen LogP contribution in [-0.4, -0.2) is 23.3 Å². The van der Waals surface area contributed by atoms with Crippen LogP contribution >= 0.6 is 0 Å². The fraction of sp³-hybridized carbons (Fsp3) is 0.263. The predicted molar refractivity (Wildman–Crippen MR) is 89.9 cm³/mol. The standard InChI is InChI=1S/C19H19NO3/c1-19(2,3)13-8-9-16-15(11-13)18(21)17(20(16)22)12-6-5-7-14(10-12)23-4/h5-11H,1-4H3. The molecular weight excluding hydrogens is 290 g/mol. The third-order valence-corrected chi connectivity index (χ3v) is 4.09. The number of benzene rings is 2. The molecule has 2 aromatic carbocycles. The van der Waals surface area contributed by atoms with Crippen LogP contribution in [0, 0.1) is 5.21 Å².